The summed E-state index contributed by atoms with van der Waals surface area (Å²) >= 11 is 0. The van der Waals surface area contributed by atoms with Crippen LogP contribution in [0, 0.1) is 18.7 Å². The molecule has 0 aliphatic carbocycles. The fourth-order valence-corrected chi connectivity index (χ4v) is 4.33. The van der Waals surface area contributed by atoms with Crippen LogP contribution in [0.2, 0.25) is 0 Å². The minimum absolute atomic E-state index is 0.0833. The molecule has 6 rings (SSSR count). The number of aromatic nitrogens is 9. The van der Waals surface area contributed by atoms with E-state index in [9.17, 15) is 4.79 Å². The molecule has 6 heterocycles. The largest absolute Gasteiger partial charge is 0.336 e. The van der Waals surface area contributed by atoms with Crippen molar-refractivity contribution >= 4 is 33.5 Å². The van der Waals surface area contributed by atoms with Crippen molar-refractivity contribution in [1.29, 1.82) is 0 Å². The number of aryl methyl sites for hydroxylation is 1. The number of carbonyl (C=O) groups excluding carboxylic acids is 1. The Kier molecular flexibility index (Phi) is 5.63. The number of imidazole rings is 2. The van der Waals surface area contributed by atoms with E-state index in [-0.39, 0.29) is 22.9 Å². The number of nitrogens with zero attached hydrogens (tertiary/aromatic N) is 7. The number of amides is 1. The average molecular weight is 511 g/mol. The molecule has 0 fully saturated rings. The van der Waals surface area contributed by atoms with Gasteiger partial charge in [0.1, 0.15) is 23.2 Å². The summed E-state index contributed by atoms with van der Waals surface area (Å²) in [4.78, 5) is 37.3. The molecular formula is C26H23FN10O. The van der Waals surface area contributed by atoms with Crippen LogP contribution >= 0.6 is 0 Å². The minimum Gasteiger partial charge on any atom is -0.336 e. The zero-order chi connectivity index (χ0) is 26.4. The van der Waals surface area contributed by atoms with Crippen molar-refractivity contribution < 1.29 is 9.18 Å². The molecule has 0 spiro atoms. The molecule has 0 saturated carbocycles. The van der Waals surface area contributed by atoms with Gasteiger partial charge < -0.3 is 10.3 Å². The molecule has 0 aromatic carbocycles. The molecule has 1 amide bonds. The third-order valence-corrected chi connectivity index (χ3v) is 6.00. The Balaban J connectivity index is 1.42. The lowest BCUT2D eigenvalue weighted by Crippen LogP contribution is -2.14. The highest BCUT2D eigenvalue weighted by Crippen LogP contribution is 2.33. The van der Waals surface area contributed by atoms with Gasteiger partial charge in [0.2, 0.25) is 5.91 Å². The first-order valence-electron chi connectivity index (χ1n) is 12.0. The van der Waals surface area contributed by atoms with Gasteiger partial charge in [-0.2, -0.15) is 5.10 Å². The van der Waals surface area contributed by atoms with Gasteiger partial charge in [0.05, 0.1) is 40.2 Å². The number of hydrogen-bond donors (Lipinski definition) is 3. The van der Waals surface area contributed by atoms with E-state index in [2.05, 4.69) is 40.4 Å². The second-order valence-electron chi connectivity index (χ2n) is 9.43. The summed E-state index contributed by atoms with van der Waals surface area (Å²) in [6.45, 7) is 5.81. The van der Waals surface area contributed by atoms with Crippen LogP contribution in [0.25, 0.3) is 50.5 Å². The number of aromatic amines is 2. The molecule has 0 unspecified atom stereocenters. The van der Waals surface area contributed by atoms with Gasteiger partial charge >= 0.3 is 0 Å². The molecule has 0 saturated heterocycles. The Bertz CT molecular complexity index is 1820. The molecule has 0 aliphatic heterocycles. The van der Waals surface area contributed by atoms with Crippen LogP contribution in [-0.2, 0) is 4.79 Å². The van der Waals surface area contributed by atoms with Gasteiger partial charge in [-0.25, -0.2) is 19.3 Å². The number of fused-ring (bicyclic) bond motifs is 2. The molecular weight excluding hydrogens is 487 g/mol. The predicted octanol–water partition coefficient (Wildman–Crippen LogP) is 4.58. The van der Waals surface area contributed by atoms with E-state index in [1.165, 1.54) is 18.6 Å². The molecule has 38 heavy (non-hydrogen) atoms. The first kappa shape index (κ1) is 23.4. The van der Waals surface area contributed by atoms with Crippen molar-refractivity contribution in [3.8, 4) is 28.6 Å². The topological polar surface area (TPSA) is 143 Å². The number of halogens is 1. The Hall–Kier alpha value is -5.00. The SMILES string of the molecule is Cc1cn(-c2nccc3[nH]c(-c4n[nH]c5cnc(-c6cncc(NC(=O)CC(C)C)c6)c(F)c45)nc23)cn1. The molecule has 0 radical (unpaired) electrons. The van der Waals surface area contributed by atoms with Gasteiger partial charge in [-0.15, -0.1) is 0 Å². The molecule has 6 aromatic rings. The van der Waals surface area contributed by atoms with Gasteiger partial charge in [-0.3, -0.25) is 24.4 Å². The van der Waals surface area contributed by atoms with Crippen molar-refractivity contribution in [3.63, 3.8) is 0 Å². The van der Waals surface area contributed by atoms with Crippen LogP contribution in [0.4, 0.5) is 10.1 Å². The summed E-state index contributed by atoms with van der Waals surface area (Å²) < 4.78 is 17.8. The fraction of sp³-hybridized carbons (Fsp3) is 0.192. The summed E-state index contributed by atoms with van der Waals surface area (Å²) in [5.74, 6) is 0.463. The van der Waals surface area contributed by atoms with Crippen molar-refractivity contribution in [2.45, 2.75) is 27.2 Å². The van der Waals surface area contributed by atoms with E-state index < -0.39 is 5.82 Å². The number of nitrogens with one attached hydrogen (secondary N) is 3. The molecule has 0 atom stereocenters. The zero-order valence-corrected chi connectivity index (χ0v) is 20.8. The third kappa shape index (κ3) is 4.15. The van der Waals surface area contributed by atoms with E-state index in [4.69, 9.17) is 4.98 Å². The van der Waals surface area contributed by atoms with Gasteiger partial charge in [0, 0.05) is 30.6 Å². The van der Waals surface area contributed by atoms with Crippen LogP contribution in [-0.4, -0.2) is 50.6 Å². The third-order valence-electron chi connectivity index (χ3n) is 6.00. The predicted molar refractivity (Wildman–Crippen MR) is 140 cm³/mol. The first-order valence-corrected chi connectivity index (χ1v) is 12.0. The van der Waals surface area contributed by atoms with E-state index in [0.29, 0.717) is 46.0 Å². The van der Waals surface area contributed by atoms with E-state index >= 15 is 4.39 Å². The van der Waals surface area contributed by atoms with Gasteiger partial charge in [0.25, 0.3) is 0 Å². The standard InChI is InChI=1S/C26H23FN10O/c1-13(2)6-19(38)32-16-7-15(8-28-9-16)22-21(27)20-18(10-30-22)35-36-24(20)25-33-17-4-5-29-26(23(17)34-25)37-11-14(3)31-12-37/h4-5,7-13H,6H2,1-3H3,(H,32,38)(H,33,34)(H,35,36). The Labute approximate surface area is 215 Å². The van der Waals surface area contributed by atoms with E-state index in [0.717, 1.165) is 11.2 Å². The average Bonchev–Trinajstić information content (AvgIpc) is 3.61. The normalized spacial score (nSPS) is 11.6. The fourth-order valence-electron chi connectivity index (χ4n) is 4.33. The van der Waals surface area contributed by atoms with Gasteiger partial charge in [-0.05, 0) is 25.0 Å². The second-order valence-corrected chi connectivity index (χ2v) is 9.43. The number of carbonyl (C=O) groups is 1. The lowest BCUT2D eigenvalue weighted by Gasteiger charge is -2.09. The maximum absolute atomic E-state index is 16.0. The molecule has 0 bridgehead atoms. The summed E-state index contributed by atoms with van der Waals surface area (Å²) in [5, 5.41) is 10.2. The second kappa shape index (κ2) is 9.14. The Morgan fingerprint density at radius 1 is 1.13 bits per heavy atom. The molecule has 0 aliphatic rings. The van der Waals surface area contributed by atoms with Crippen molar-refractivity contribution in [1.82, 2.24) is 44.7 Å². The summed E-state index contributed by atoms with van der Waals surface area (Å²) in [6, 6.07) is 3.44. The molecule has 3 N–H and O–H groups in total. The maximum atomic E-state index is 16.0. The van der Waals surface area contributed by atoms with E-state index in [1.54, 1.807) is 29.2 Å². The highest BCUT2D eigenvalue weighted by Gasteiger charge is 2.22. The van der Waals surface area contributed by atoms with Crippen molar-refractivity contribution in [2.24, 2.45) is 5.92 Å². The van der Waals surface area contributed by atoms with E-state index in [1.807, 2.05) is 27.0 Å². The number of pyridine rings is 3. The smallest absolute Gasteiger partial charge is 0.224 e. The van der Waals surface area contributed by atoms with Gasteiger partial charge in [0.15, 0.2) is 17.5 Å². The lowest BCUT2D eigenvalue weighted by atomic mass is 10.1. The monoisotopic (exact) mass is 510 g/mol. The number of hydrogen-bond acceptors (Lipinski definition) is 7. The lowest BCUT2D eigenvalue weighted by molar-refractivity contribution is -0.116. The molecule has 11 nitrogen and oxygen atoms in total. The van der Waals surface area contributed by atoms with Crippen LogP contribution in [0.5, 0.6) is 0 Å². The Morgan fingerprint density at radius 2 is 2.00 bits per heavy atom. The van der Waals surface area contributed by atoms with Crippen LogP contribution < -0.4 is 5.32 Å². The maximum Gasteiger partial charge on any atom is 0.224 e. The molecule has 190 valence electrons. The zero-order valence-electron chi connectivity index (χ0n) is 20.8. The molecule has 12 heteroatoms. The Morgan fingerprint density at radius 3 is 2.79 bits per heavy atom. The summed E-state index contributed by atoms with van der Waals surface area (Å²) in [6.07, 6.45) is 10.1. The number of rotatable bonds is 6. The van der Waals surface area contributed by atoms with Crippen molar-refractivity contribution in [2.75, 3.05) is 5.32 Å². The van der Waals surface area contributed by atoms with Crippen molar-refractivity contribution in [3.05, 3.63) is 61.0 Å². The van der Waals surface area contributed by atoms with Crippen LogP contribution in [0.15, 0.2) is 49.4 Å². The molecule has 6 aromatic heterocycles. The number of anilines is 1. The summed E-state index contributed by atoms with van der Waals surface area (Å²) in [5.41, 5.74) is 3.85. The minimum atomic E-state index is -0.581. The number of H-pyrrole nitrogens is 2. The highest BCUT2D eigenvalue weighted by molar-refractivity contribution is 5.96. The van der Waals surface area contributed by atoms with Crippen LogP contribution in [0.1, 0.15) is 26.0 Å². The van der Waals surface area contributed by atoms with Gasteiger partial charge in [-0.1, -0.05) is 13.8 Å². The van der Waals surface area contributed by atoms with Crippen LogP contribution in [0.3, 0.4) is 0 Å². The highest BCUT2D eigenvalue weighted by atomic mass is 19.1. The quantitative estimate of drug-likeness (QED) is 0.298. The summed E-state index contributed by atoms with van der Waals surface area (Å²) in [7, 11) is 0. The first-order chi connectivity index (χ1) is 18.4.